The summed E-state index contributed by atoms with van der Waals surface area (Å²) in [7, 11) is 0. The van der Waals surface area contributed by atoms with Gasteiger partial charge in [0.25, 0.3) is 0 Å². The molecule has 2 heterocycles. The lowest BCUT2D eigenvalue weighted by Crippen LogP contribution is -2.39. The molecule has 90 valence electrons. The summed E-state index contributed by atoms with van der Waals surface area (Å²) in [6, 6.07) is 0.0998. The van der Waals surface area contributed by atoms with E-state index in [2.05, 4.69) is 15.0 Å². The van der Waals surface area contributed by atoms with Gasteiger partial charge in [0.05, 0.1) is 12.1 Å². The van der Waals surface area contributed by atoms with Gasteiger partial charge in [0.1, 0.15) is 0 Å². The minimum atomic E-state index is -0.218. The highest BCUT2D eigenvalue weighted by Crippen LogP contribution is 2.22. The fraction of sp³-hybridized carbons (Fsp3) is 0.818. The number of β-amino-alcohol motifs (C(OH)–C–C–N with tert-alkyl or cyclic N) is 1. The standard InChI is InChI=1S/C11H19N3O2/c1-3-10-12-11(16-13-10)8(2)14-6-4-5-9(15)7-14/h8-9,15H,3-7H2,1-2H3/t8-,9+/m1/s1. The van der Waals surface area contributed by atoms with Crippen LogP contribution in [0.15, 0.2) is 4.52 Å². The molecule has 1 aliphatic rings. The first-order valence-electron chi connectivity index (χ1n) is 5.95. The van der Waals surface area contributed by atoms with Crippen LogP contribution in [0, 0.1) is 0 Å². The van der Waals surface area contributed by atoms with Crippen molar-refractivity contribution >= 4 is 0 Å². The highest BCUT2D eigenvalue weighted by atomic mass is 16.5. The molecule has 0 saturated carbocycles. The van der Waals surface area contributed by atoms with E-state index in [0.717, 1.165) is 31.6 Å². The number of piperidine rings is 1. The molecule has 0 radical (unpaired) electrons. The molecule has 1 aliphatic heterocycles. The van der Waals surface area contributed by atoms with E-state index < -0.39 is 0 Å². The third-order valence-corrected chi connectivity index (χ3v) is 3.13. The number of nitrogens with zero attached hydrogens (tertiary/aromatic N) is 3. The molecule has 2 atom stereocenters. The van der Waals surface area contributed by atoms with Gasteiger partial charge in [-0.05, 0) is 26.3 Å². The van der Waals surface area contributed by atoms with Gasteiger partial charge in [0.15, 0.2) is 5.82 Å². The van der Waals surface area contributed by atoms with Gasteiger partial charge in [-0.3, -0.25) is 4.90 Å². The molecular formula is C11H19N3O2. The summed E-state index contributed by atoms with van der Waals surface area (Å²) in [6.45, 7) is 5.74. The molecule has 0 aliphatic carbocycles. The second-order valence-corrected chi connectivity index (χ2v) is 4.37. The van der Waals surface area contributed by atoms with Crippen molar-refractivity contribution in [3.63, 3.8) is 0 Å². The van der Waals surface area contributed by atoms with Crippen molar-refractivity contribution in [3.8, 4) is 0 Å². The van der Waals surface area contributed by atoms with Gasteiger partial charge in [-0.1, -0.05) is 12.1 Å². The fourth-order valence-corrected chi connectivity index (χ4v) is 2.07. The summed E-state index contributed by atoms with van der Waals surface area (Å²) in [4.78, 5) is 6.52. The molecule has 1 N–H and O–H groups in total. The van der Waals surface area contributed by atoms with Gasteiger partial charge in [0.2, 0.25) is 5.89 Å². The number of aryl methyl sites for hydroxylation is 1. The molecule has 1 aromatic rings. The third kappa shape index (κ3) is 2.41. The van der Waals surface area contributed by atoms with Gasteiger partial charge < -0.3 is 9.63 Å². The second-order valence-electron chi connectivity index (χ2n) is 4.37. The molecule has 0 amide bonds. The molecule has 1 aromatic heterocycles. The van der Waals surface area contributed by atoms with E-state index in [1.54, 1.807) is 0 Å². The molecule has 1 fully saturated rings. The van der Waals surface area contributed by atoms with E-state index in [0.29, 0.717) is 12.4 Å². The predicted molar refractivity (Wildman–Crippen MR) is 58.9 cm³/mol. The van der Waals surface area contributed by atoms with E-state index in [9.17, 15) is 5.11 Å². The molecule has 0 bridgehead atoms. The van der Waals surface area contributed by atoms with Crippen molar-refractivity contribution in [1.82, 2.24) is 15.0 Å². The van der Waals surface area contributed by atoms with Crippen molar-refractivity contribution in [1.29, 1.82) is 0 Å². The van der Waals surface area contributed by atoms with Crippen molar-refractivity contribution in [2.75, 3.05) is 13.1 Å². The highest BCUT2D eigenvalue weighted by molar-refractivity contribution is 4.93. The summed E-state index contributed by atoms with van der Waals surface area (Å²) in [6.07, 6.45) is 2.50. The Morgan fingerprint density at radius 1 is 1.62 bits per heavy atom. The summed E-state index contributed by atoms with van der Waals surface area (Å²) in [5.41, 5.74) is 0. The second kappa shape index (κ2) is 4.93. The van der Waals surface area contributed by atoms with E-state index in [4.69, 9.17) is 4.52 Å². The quantitative estimate of drug-likeness (QED) is 0.836. The number of aromatic nitrogens is 2. The van der Waals surface area contributed by atoms with Crippen LogP contribution in [0.4, 0.5) is 0 Å². The highest BCUT2D eigenvalue weighted by Gasteiger charge is 2.26. The number of hydrogen-bond acceptors (Lipinski definition) is 5. The zero-order chi connectivity index (χ0) is 11.5. The maximum Gasteiger partial charge on any atom is 0.243 e. The van der Waals surface area contributed by atoms with Crippen LogP contribution in [0.1, 0.15) is 44.4 Å². The summed E-state index contributed by atoms with van der Waals surface area (Å²) in [5, 5.41) is 13.5. The average molecular weight is 225 g/mol. The Morgan fingerprint density at radius 3 is 3.06 bits per heavy atom. The van der Waals surface area contributed by atoms with Gasteiger partial charge in [-0.25, -0.2) is 0 Å². The Kier molecular flexibility index (Phi) is 3.56. The predicted octanol–water partition coefficient (Wildman–Crippen LogP) is 1.15. The first kappa shape index (κ1) is 11.5. The SMILES string of the molecule is CCc1noc([C@@H](C)N2CCC[C@H](O)C2)n1. The molecular weight excluding hydrogens is 206 g/mol. The molecule has 0 unspecified atom stereocenters. The molecule has 16 heavy (non-hydrogen) atoms. The number of aliphatic hydroxyl groups is 1. The monoisotopic (exact) mass is 225 g/mol. The Bertz CT molecular complexity index is 340. The van der Waals surface area contributed by atoms with Crippen LogP contribution in [0.25, 0.3) is 0 Å². The molecule has 0 spiro atoms. The smallest absolute Gasteiger partial charge is 0.243 e. The average Bonchev–Trinajstić information content (AvgIpc) is 2.76. The van der Waals surface area contributed by atoms with Crippen LogP contribution in [0.3, 0.4) is 0 Å². The van der Waals surface area contributed by atoms with Crippen molar-refractivity contribution in [2.24, 2.45) is 0 Å². The molecule has 2 rings (SSSR count). The minimum absolute atomic E-state index is 0.0998. The molecule has 1 saturated heterocycles. The topological polar surface area (TPSA) is 62.4 Å². The van der Waals surface area contributed by atoms with Crippen LogP contribution in [-0.2, 0) is 6.42 Å². The summed E-state index contributed by atoms with van der Waals surface area (Å²) in [5.74, 6) is 1.41. The van der Waals surface area contributed by atoms with E-state index in [1.807, 2.05) is 13.8 Å². The summed E-state index contributed by atoms with van der Waals surface area (Å²) < 4.78 is 5.22. The van der Waals surface area contributed by atoms with Gasteiger partial charge in [-0.2, -0.15) is 4.98 Å². The lowest BCUT2D eigenvalue weighted by molar-refractivity contribution is 0.0422. The zero-order valence-corrected chi connectivity index (χ0v) is 9.89. The largest absolute Gasteiger partial charge is 0.392 e. The molecule has 5 heteroatoms. The van der Waals surface area contributed by atoms with E-state index in [-0.39, 0.29) is 12.1 Å². The van der Waals surface area contributed by atoms with Crippen molar-refractivity contribution < 1.29 is 9.63 Å². The lowest BCUT2D eigenvalue weighted by atomic mass is 10.1. The first-order valence-corrected chi connectivity index (χ1v) is 5.95. The van der Waals surface area contributed by atoms with Crippen LogP contribution in [0.5, 0.6) is 0 Å². The normalized spacial score (nSPS) is 24.6. The number of rotatable bonds is 3. The number of likely N-dealkylation sites (tertiary alicyclic amines) is 1. The zero-order valence-electron chi connectivity index (χ0n) is 9.89. The molecule has 5 nitrogen and oxygen atoms in total. The Morgan fingerprint density at radius 2 is 2.44 bits per heavy atom. The Balaban J connectivity index is 2.02. The minimum Gasteiger partial charge on any atom is -0.392 e. The number of hydrogen-bond donors (Lipinski definition) is 1. The maximum atomic E-state index is 9.62. The Labute approximate surface area is 95.4 Å². The summed E-state index contributed by atoms with van der Waals surface area (Å²) >= 11 is 0. The van der Waals surface area contributed by atoms with E-state index in [1.165, 1.54) is 0 Å². The Hall–Kier alpha value is -0.940. The van der Waals surface area contributed by atoms with Crippen LogP contribution < -0.4 is 0 Å². The van der Waals surface area contributed by atoms with Gasteiger partial charge in [-0.15, -0.1) is 0 Å². The third-order valence-electron chi connectivity index (χ3n) is 3.13. The lowest BCUT2D eigenvalue weighted by Gasteiger charge is -2.32. The van der Waals surface area contributed by atoms with Gasteiger partial charge in [0, 0.05) is 13.0 Å². The maximum absolute atomic E-state index is 9.62. The fourth-order valence-electron chi connectivity index (χ4n) is 2.07. The van der Waals surface area contributed by atoms with Gasteiger partial charge >= 0.3 is 0 Å². The van der Waals surface area contributed by atoms with Crippen LogP contribution >= 0.6 is 0 Å². The van der Waals surface area contributed by atoms with E-state index >= 15 is 0 Å². The number of aliphatic hydroxyl groups excluding tert-OH is 1. The first-order chi connectivity index (χ1) is 7.70. The van der Waals surface area contributed by atoms with Crippen LogP contribution in [-0.4, -0.2) is 39.3 Å². The van der Waals surface area contributed by atoms with Crippen molar-refractivity contribution in [3.05, 3.63) is 11.7 Å². The van der Waals surface area contributed by atoms with Crippen LogP contribution in [0.2, 0.25) is 0 Å². The van der Waals surface area contributed by atoms with Crippen molar-refractivity contribution in [2.45, 2.75) is 45.3 Å². The molecule has 0 aromatic carbocycles.